The molecule has 1 amide bonds. The highest BCUT2D eigenvalue weighted by Gasteiger charge is 2.36. The molecule has 10 heteroatoms. The summed E-state index contributed by atoms with van der Waals surface area (Å²) in [4.78, 5) is 16.9. The highest BCUT2D eigenvalue weighted by molar-refractivity contribution is 7.91. The Bertz CT molecular complexity index is 864. The summed E-state index contributed by atoms with van der Waals surface area (Å²) in [5, 5.41) is 0. The van der Waals surface area contributed by atoms with Crippen LogP contribution in [0.5, 0.6) is 0 Å². The van der Waals surface area contributed by atoms with E-state index in [-0.39, 0.29) is 30.5 Å². The second kappa shape index (κ2) is 7.86. The monoisotopic (exact) mass is 415 g/mol. The zero-order valence-corrected chi connectivity index (χ0v) is 17.0. The third kappa shape index (κ3) is 4.87. The molecule has 1 aromatic carbocycles. The van der Waals surface area contributed by atoms with Gasteiger partial charge in [-0.3, -0.25) is 9.69 Å². The molecule has 2 heterocycles. The Balaban J connectivity index is 1.78. The second-order valence-corrected chi connectivity index (χ2v) is 11.3. The van der Waals surface area contributed by atoms with Crippen LogP contribution in [0.1, 0.15) is 11.6 Å². The van der Waals surface area contributed by atoms with Gasteiger partial charge in [-0.15, -0.1) is 0 Å². The van der Waals surface area contributed by atoms with Crippen LogP contribution >= 0.6 is 0 Å². The van der Waals surface area contributed by atoms with Crippen LogP contribution in [0.15, 0.2) is 30.3 Å². The van der Waals surface area contributed by atoms with Crippen molar-refractivity contribution in [2.75, 3.05) is 57.0 Å². The van der Waals surface area contributed by atoms with Gasteiger partial charge in [0, 0.05) is 39.3 Å². The zero-order chi connectivity index (χ0) is 19.7. The quantitative estimate of drug-likeness (QED) is 0.662. The van der Waals surface area contributed by atoms with Crippen LogP contribution < -0.4 is 0 Å². The van der Waals surface area contributed by atoms with Gasteiger partial charge in [-0.1, -0.05) is 30.3 Å². The Morgan fingerprint density at radius 1 is 0.963 bits per heavy atom. The summed E-state index contributed by atoms with van der Waals surface area (Å²) in [7, 11) is -6.31. The van der Waals surface area contributed by atoms with E-state index in [1.165, 1.54) is 10.6 Å². The summed E-state index contributed by atoms with van der Waals surface area (Å²) in [6.45, 7) is 1.86. The molecule has 1 unspecified atom stereocenters. The summed E-state index contributed by atoms with van der Waals surface area (Å²) in [5.41, 5.74) is 0.826. The van der Waals surface area contributed by atoms with Crippen LogP contribution in [0.2, 0.25) is 0 Å². The highest BCUT2D eigenvalue weighted by atomic mass is 32.2. The van der Waals surface area contributed by atoms with Crippen LogP contribution in [0.4, 0.5) is 0 Å². The summed E-state index contributed by atoms with van der Waals surface area (Å²) < 4.78 is 48.3. The number of piperazine rings is 1. The van der Waals surface area contributed by atoms with Crippen LogP contribution in [0.3, 0.4) is 0 Å². The van der Waals surface area contributed by atoms with Crippen molar-refractivity contribution in [3.05, 3.63) is 35.9 Å². The van der Waals surface area contributed by atoms with Crippen molar-refractivity contribution in [1.82, 2.24) is 14.1 Å². The van der Waals surface area contributed by atoms with E-state index in [9.17, 15) is 21.6 Å². The van der Waals surface area contributed by atoms with Crippen molar-refractivity contribution < 1.29 is 21.6 Å². The molecule has 0 aliphatic carbocycles. The first kappa shape index (κ1) is 20.2. The number of rotatable bonds is 4. The SMILES string of the molecule is CS(=O)(=O)N1CCN(C(=O)C(c2ccccc2)N2CCS(=O)(=O)CC2)CC1. The smallest absolute Gasteiger partial charge is 0.244 e. The van der Waals surface area contributed by atoms with Crippen molar-refractivity contribution in [2.24, 2.45) is 0 Å². The molecule has 1 atom stereocenters. The topological polar surface area (TPSA) is 95.1 Å². The number of carbonyl (C=O) groups is 1. The minimum absolute atomic E-state index is 0.0471. The maximum Gasteiger partial charge on any atom is 0.244 e. The third-order valence-electron chi connectivity index (χ3n) is 5.11. The van der Waals surface area contributed by atoms with Crippen LogP contribution in [0.25, 0.3) is 0 Å². The summed E-state index contributed by atoms with van der Waals surface area (Å²) in [6.07, 6.45) is 1.17. The van der Waals surface area contributed by atoms with E-state index in [1.54, 1.807) is 4.90 Å². The molecule has 1 aromatic rings. The van der Waals surface area contributed by atoms with Gasteiger partial charge in [0.05, 0.1) is 17.8 Å². The number of sulfone groups is 1. The molecule has 150 valence electrons. The molecule has 0 spiro atoms. The lowest BCUT2D eigenvalue weighted by Gasteiger charge is -2.39. The van der Waals surface area contributed by atoms with Crippen molar-refractivity contribution in [3.63, 3.8) is 0 Å². The number of amides is 1. The van der Waals surface area contributed by atoms with E-state index in [4.69, 9.17) is 0 Å². The number of nitrogens with zero attached hydrogens (tertiary/aromatic N) is 3. The summed E-state index contributed by atoms with van der Waals surface area (Å²) >= 11 is 0. The standard InChI is InChI=1S/C17H25N3O5S2/c1-26(22,23)20-9-7-19(8-10-20)17(21)16(15-5-3-2-4-6-15)18-11-13-27(24,25)14-12-18/h2-6,16H,7-14H2,1H3. The van der Waals surface area contributed by atoms with E-state index < -0.39 is 25.9 Å². The fourth-order valence-corrected chi connectivity index (χ4v) is 5.60. The van der Waals surface area contributed by atoms with Crippen LogP contribution in [0, 0.1) is 0 Å². The fourth-order valence-electron chi connectivity index (χ4n) is 3.54. The molecule has 3 rings (SSSR count). The minimum atomic E-state index is -3.26. The molecule has 2 fully saturated rings. The minimum Gasteiger partial charge on any atom is -0.338 e. The molecule has 2 aliphatic rings. The lowest BCUT2D eigenvalue weighted by molar-refractivity contribution is -0.138. The Kier molecular flexibility index (Phi) is 5.90. The molecule has 0 radical (unpaired) electrons. The maximum absolute atomic E-state index is 13.3. The fraction of sp³-hybridized carbons (Fsp3) is 0.588. The van der Waals surface area contributed by atoms with Crippen molar-refractivity contribution >= 4 is 25.8 Å². The molecule has 0 bridgehead atoms. The third-order valence-corrected chi connectivity index (χ3v) is 8.03. The van der Waals surface area contributed by atoms with Crippen LogP contribution in [-0.2, 0) is 24.7 Å². The lowest BCUT2D eigenvalue weighted by atomic mass is 10.0. The molecule has 8 nitrogen and oxygen atoms in total. The second-order valence-electron chi connectivity index (χ2n) is 6.99. The Hall–Kier alpha value is -1.49. The lowest BCUT2D eigenvalue weighted by Crippen LogP contribution is -2.54. The average molecular weight is 416 g/mol. The van der Waals surface area contributed by atoms with Crippen molar-refractivity contribution in [1.29, 1.82) is 0 Å². The Labute approximate surface area is 160 Å². The molecule has 0 N–H and O–H groups in total. The van der Waals surface area contributed by atoms with Gasteiger partial charge in [-0.2, -0.15) is 4.31 Å². The first-order valence-electron chi connectivity index (χ1n) is 8.91. The van der Waals surface area contributed by atoms with Gasteiger partial charge >= 0.3 is 0 Å². The van der Waals surface area contributed by atoms with E-state index in [1.807, 2.05) is 35.2 Å². The van der Waals surface area contributed by atoms with Gasteiger partial charge in [-0.05, 0) is 5.56 Å². The van der Waals surface area contributed by atoms with Crippen LogP contribution in [-0.4, -0.2) is 93.9 Å². The first-order valence-corrected chi connectivity index (χ1v) is 12.6. The largest absolute Gasteiger partial charge is 0.338 e. The van der Waals surface area contributed by atoms with Gasteiger partial charge in [0.25, 0.3) is 0 Å². The van der Waals surface area contributed by atoms with Crippen molar-refractivity contribution in [3.8, 4) is 0 Å². The summed E-state index contributed by atoms with van der Waals surface area (Å²) in [5.74, 6) is -0.00892. The maximum atomic E-state index is 13.3. The number of hydrogen-bond donors (Lipinski definition) is 0. The number of carbonyl (C=O) groups excluding carboxylic acids is 1. The zero-order valence-electron chi connectivity index (χ0n) is 15.3. The number of sulfonamides is 1. The molecule has 2 saturated heterocycles. The van der Waals surface area contributed by atoms with Gasteiger partial charge < -0.3 is 4.90 Å². The van der Waals surface area contributed by atoms with E-state index in [0.717, 1.165) is 5.56 Å². The first-order chi connectivity index (χ1) is 12.7. The van der Waals surface area contributed by atoms with Gasteiger partial charge in [0.15, 0.2) is 9.84 Å². The molecular weight excluding hydrogens is 390 g/mol. The predicted octanol–water partition coefficient (Wildman–Crippen LogP) is -0.438. The van der Waals surface area contributed by atoms with Crippen molar-refractivity contribution in [2.45, 2.75) is 6.04 Å². The Morgan fingerprint density at radius 3 is 2.04 bits per heavy atom. The average Bonchev–Trinajstić information content (AvgIpc) is 2.63. The van der Waals surface area contributed by atoms with Gasteiger partial charge in [-0.25, -0.2) is 16.8 Å². The van der Waals surface area contributed by atoms with E-state index in [0.29, 0.717) is 26.2 Å². The molecule has 0 aromatic heterocycles. The number of hydrogen-bond acceptors (Lipinski definition) is 6. The van der Waals surface area contributed by atoms with E-state index >= 15 is 0 Å². The molecule has 2 aliphatic heterocycles. The Morgan fingerprint density at radius 2 is 1.52 bits per heavy atom. The molecular formula is C17H25N3O5S2. The number of benzene rings is 1. The highest BCUT2D eigenvalue weighted by Crippen LogP contribution is 2.26. The predicted molar refractivity (Wildman–Crippen MR) is 102 cm³/mol. The molecule has 27 heavy (non-hydrogen) atoms. The van der Waals surface area contributed by atoms with Gasteiger partial charge in [0.2, 0.25) is 15.9 Å². The summed E-state index contributed by atoms with van der Waals surface area (Å²) in [6, 6.07) is 8.79. The molecule has 0 saturated carbocycles. The van der Waals surface area contributed by atoms with E-state index in [2.05, 4.69) is 0 Å². The van der Waals surface area contributed by atoms with Gasteiger partial charge in [0.1, 0.15) is 6.04 Å². The normalized spacial score (nSPS) is 23.1.